The van der Waals surface area contributed by atoms with Gasteiger partial charge in [-0.15, -0.1) is 0 Å². The van der Waals surface area contributed by atoms with Crippen LogP contribution in [-0.4, -0.2) is 29.0 Å². The number of rotatable bonds is 0. The van der Waals surface area contributed by atoms with Crippen LogP contribution in [0.1, 0.15) is 72.1 Å². The van der Waals surface area contributed by atoms with Crippen LogP contribution < -0.4 is 0 Å². The number of carbonyl (C=O) groups is 2. The third-order valence-corrected chi connectivity index (χ3v) is 8.14. The molecule has 3 nitrogen and oxygen atoms in total. The molecule has 1 unspecified atom stereocenters. The zero-order valence-corrected chi connectivity index (χ0v) is 16.9. The van der Waals surface area contributed by atoms with E-state index in [0.717, 1.165) is 38.5 Å². The van der Waals surface area contributed by atoms with E-state index in [9.17, 15) is 22.8 Å². The molecule has 0 aliphatic heterocycles. The zero-order valence-electron chi connectivity index (χ0n) is 16.9. The van der Waals surface area contributed by atoms with Gasteiger partial charge in [0.25, 0.3) is 0 Å². The number of Topliss-reactive ketones (excluding diaryl/α,β-unsaturated/α-hetero) is 1. The number of fused-ring (bicyclic) bond motifs is 5. The highest BCUT2D eigenvalue weighted by Gasteiger charge is 2.58. The van der Waals surface area contributed by atoms with Crippen LogP contribution in [0, 0.1) is 28.6 Å². The van der Waals surface area contributed by atoms with E-state index >= 15 is 0 Å². The fourth-order valence-electron chi connectivity index (χ4n) is 6.33. The second-order valence-electron chi connectivity index (χ2n) is 9.60. The molecule has 4 rings (SSSR count). The number of aliphatic hydroxyl groups excluding tert-OH is 1. The minimum atomic E-state index is -4.44. The Labute approximate surface area is 164 Å². The summed E-state index contributed by atoms with van der Waals surface area (Å²) in [7, 11) is 0. The summed E-state index contributed by atoms with van der Waals surface area (Å²) in [4.78, 5) is 24.1. The number of ketones is 2. The molecule has 0 bridgehead atoms. The van der Waals surface area contributed by atoms with Gasteiger partial charge in [0.05, 0.1) is 0 Å². The summed E-state index contributed by atoms with van der Waals surface area (Å²) >= 11 is 0. The smallest absolute Gasteiger partial charge is 0.384 e. The lowest BCUT2D eigenvalue weighted by Gasteiger charge is -2.56. The molecule has 0 aromatic carbocycles. The first kappa shape index (κ1) is 21.5. The molecule has 0 heterocycles. The standard InChI is InChI=1S/C19H26O2.C3H5F3O/c1-18-9-7-13(20)11-12(18)3-4-14-15-5-6-17(21)19(15,2)10-8-16(14)18;1-2(7)3(4,5)6/h11,14-16H,3-10H2,1-2H3;2,7H,1H3/t14-,15-,16-,18-,19-;/m0./s1. The van der Waals surface area contributed by atoms with Crippen LogP contribution in [0.15, 0.2) is 11.6 Å². The Morgan fingerprint density at radius 3 is 2.21 bits per heavy atom. The summed E-state index contributed by atoms with van der Waals surface area (Å²) in [5.41, 5.74) is 1.64. The molecule has 0 saturated heterocycles. The van der Waals surface area contributed by atoms with Crippen molar-refractivity contribution in [2.24, 2.45) is 28.6 Å². The van der Waals surface area contributed by atoms with Gasteiger partial charge in [-0.2, -0.15) is 13.2 Å². The first-order chi connectivity index (χ1) is 12.9. The molecule has 28 heavy (non-hydrogen) atoms. The Morgan fingerprint density at radius 2 is 1.61 bits per heavy atom. The van der Waals surface area contributed by atoms with Gasteiger partial charge in [0.1, 0.15) is 11.9 Å². The van der Waals surface area contributed by atoms with Crippen molar-refractivity contribution in [1.29, 1.82) is 0 Å². The molecule has 0 amide bonds. The van der Waals surface area contributed by atoms with Crippen LogP contribution in [0.25, 0.3) is 0 Å². The third kappa shape index (κ3) is 3.57. The summed E-state index contributed by atoms with van der Waals surface area (Å²) < 4.78 is 32.8. The minimum absolute atomic E-state index is 0.0246. The van der Waals surface area contributed by atoms with E-state index in [2.05, 4.69) is 13.8 Å². The lowest BCUT2D eigenvalue weighted by atomic mass is 9.47. The second-order valence-corrected chi connectivity index (χ2v) is 9.60. The molecule has 0 radical (unpaired) electrons. The number of hydrogen-bond acceptors (Lipinski definition) is 3. The Kier molecular flexibility index (Phi) is 5.59. The number of hydrogen-bond donors (Lipinski definition) is 1. The molecular weight excluding hydrogens is 369 g/mol. The number of carbonyl (C=O) groups excluding carboxylic acids is 2. The van der Waals surface area contributed by atoms with Gasteiger partial charge in [-0.3, -0.25) is 9.59 Å². The van der Waals surface area contributed by atoms with E-state index in [4.69, 9.17) is 5.11 Å². The quantitative estimate of drug-likeness (QED) is 0.621. The van der Waals surface area contributed by atoms with E-state index < -0.39 is 12.3 Å². The summed E-state index contributed by atoms with van der Waals surface area (Å²) in [6.45, 7) is 5.32. The van der Waals surface area contributed by atoms with Crippen molar-refractivity contribution >= 4 is 11.6 Å². The highest BCUT2D eigenvalue weighted by molar-refractivity contribution is 5.91. The van der Waals surface area contributed by atoms with Gasteiger partial charge in [0, 0.05) is 18.3 Å². The van der Waals surface area contributed by atoms with Crippen LogP contribution >= 0.6 is 0 Å². The lowest BCUT2D eigenvalue weighted by molar-refractivity contribution is -0.197. The van der Waals surface area contributed by atoms with E-state index in [-0.39, 0.29) is 10.8 Å². The van der Waals surface area contributed by atoms with Crippen molar-refractivity contribution in [2.75, 3.05) is 0 Å². The van der Waals surface area contributed by atoms with Gasteiger partial charge >= 0.3 is 6.18 Å². The monoisotopic (exact) mass is 400 g/mol. The maximum Gasteiger partial charge on any atom is 0.414 e. The normalized spacial score (nSPS) is 41.1. The van der Waals surface area contributed by atoms with Crippen LogP contribution in [0.2, 0.25) is 0 Å². The molecule has 4 aliphatic rings. The molecule has 6 atom stereocenters. The molecule has 3 fully saturated rings. The third-order valence-electron chi connectivity index (χ3n) is 8.14. The first-order valence-corrected chi connectivity index (χ1v) is 10.4. The summed E-state index contributed by atoms with van der Waals surface area (Å²) in [5, 5.41) is 7.76. The van der Waals surface area contributed by atoms with Crippen molar-refractivity contribution in [1.82, 2.24) is 0 Å². The molecule has 6 heteroatoms. The molecule has 158 valence electrons. The van der Waals surface area contributed by atoms with Gasteiger partial charge in [0.15, 0.2) is 5.78 Å². The Bertz CT molecular complexity index is 681. The molecule has 1 N–H and O–H groups in total. The van der Waals surface area contributed by atoms with Gasteiger partial charge in [-0.1, -0.05) is 19.4 Å². The molecular formula is C22H31F3O3. The van der Waals surface area contributed by atoms with E-state index in [1.54, 1.807) is 0 Å². The van der Waals surface area contributed by atoms with Gasteiger partial charge in [0.2, 0.25) is 0 Å². The minimum Gasteiger partial charge on any atom is -0.384 e. The van der Waals surface area contributed by atoms with Crippen molar-refractivity contribution < 1.29 is 27.9 Å². The average Bonchev–Trinajstić information content (AvgIpc) is 2.90. The van der Waals surface area contributed by atoms with Crippen molar-refractivity contribution in [3.8, 4) is 0 Å². The Morgan fingerprint density at radius 1 is 1.00 bits per heavy atom. The number of aliphatic hydroxyl groups is 1. The number of alkyl halides is 3. The molecule has 3 saturated carbocycles. The summed E-state index contributed by atoms with van der Waals surface area (Å²) in [6.07, 6.45) is 3.56. The van der Waals surface area contributed by atoms with Gasteiger partial charge in [-0.05, 0) is 74.7 Å². The van der Waals surface area contributed by atoms with E-state index in [1.807, 2.05) is 6.08 Å². The zero-order chi connectivity index (χ0) is 20.9. The topological polar surface area (TPSA) is 54.4 Å². The molecule has 0 spiro atoms. The maximum absolute atomic E-state index is 12.4. The Hall–Kier alpha value is -1.17. The Balaban J connectivity index is 0.000000279. The van der Waals surface area contributed by atoms with Crippen molar-refractivity contribution in [2.45, 2.75) is 84.4 Å². The molecule has 4 aliphatic carbocycles. The van der Waals surface area contributed by atoms with E-state index in [1.165, 1.54) is 18.4 Å². The summed E-state index contributed by atoms with van der Waals surface area (Å²) in [5.74, 6) is 2.88. The van der Waals surface area contributed by atoms with Gasteiger partial charge in [-0.25, -0.2) is 0 Å². The predicted octanol–water partition coefficient (Wildman–Crippen LogP) is 5.02. The van der Waals surface area contributed by atoms with Crippen LogP contribution in [0.4, 0.5) is 13.2 Å². The lowest BCUT2D eigenvalue weighted by Crippen LogP contribution is -2.50. The maximum atomic E-state index is 12.4. The largest absolute Gasteiger partial charge is 0.414 e. The fourth-order valence-corrected chi connectivity index (χ4v) is 6.33. The molecule has 0 aromatic heterocycles. The van der Waals surface area contributed by atoms with Gasteiger partial charge < -0.3 is 5.11 Å². The fraction of sp³-hybridized carbons (Fsp3) is 0.818. The molecule has 0 aromatic rings. The van der Waals surface area contributed by atoms with Crippen LogP contribution in [-0.2, 0) is 9.59 Å². The highest BCUT2D eigenvalue weighted by Crippen LogP contribution is 2.64. The van der Waals surface area contributed by atoms with E-state index in [0.29, 0.717) is 36.2 Å². The van der Waals surface area contributed by atoms with Crippen LogP contribution in [0.5, 0.6) is 0 Å². The van der Waals surface area contributed by atoms with Crippen molar-refractivity contribution in [3.05, 3.63) is 11.6 Å². The first-order valence-electron chi connectivity index (χ1n) is 10.4. The SMILES string of the molecule is CC(O)C(F)(F)F.C[C@]12CCC(=O)C=C1CC[C@@H]1[C@@H]2CC[C@]2(C)C(=O)CC[C@@H]12. The predicted molar refractivity (Wildman–Crippen MR) is 99.5 cm³/mol. The van der Waals surface area contributed by atoms with Crippen LogP contribution in [0.3, 0.4) is 0 Å². The second kappa shape index (κ2) is 7.26. The highest BCUT2D eigenvalue weighted by atomic mass is 19.4. The average molecular weight is 400 g/mol. The summed E-state index contributed by atoms with van der Waals surface area (Å²) in [6, 6.07) is 0. The number of halogens is 3. The number of allylic oxidation sites excluding steroid dienone is 1. The van der Waals surface area contributed by atoms with Crippen molar-refractivity contribution in [3.63, 3.8) is 0 Å².